The molecule has 0 bridgehead atoms. The lowest BCUT2D eigenvalue weighted by molar-refractivity contribution is 0.579. The summed E-state index contributed by atoms with van der Waals surface area (Å²) in [6.07, 6.45) is 0.958. The van der Waals surface area contributed by atoms with Crippen LogP contribution in [0, 0.1) is 6.92 Å². The predicted octanol–water partition coefficient (Wildman–Crippen LogP) is 1.01. The number of hydrogen-bond acceptors (Lipinski definition) is 4. The van der Waals surface area contributed by atoms with Crippen molar-refractivity contribution in [3.63, 3.8) is 0 Å². The Labute approximate surface area is 107 Å². The number of anilines is 1. The second-order valence-corrected chi connectivity index (χ2v) is 4.75. The average molecular weight is 245 g/mol. The summed E-state index contributed by atoms with van der Waals surface area (Å²) >= 11 is 0. The van der Waals surface area contributed by atoms with Gasteiger partial charge < -0.3 is 10.2 Å². The van der Waals surface area contributed by atoms with E-state index in [2.05, 4.69) is 33.3 Å². The minimum atomic E-state index is 0.958. The largest absolute Gasteiger partial charge is 0.354 e. The Bertz CT molecular complexity index is 554. The second kappa shape index (κ2) is 4.57. The highest BCUT2D eigenvalue weighted by Crippen LogP contribution is 2.19. The van der Waals surface area contributed by atoms with E-state index in [1.54, 1.807) is 0 Å². The zero-order valence-corrected chi connectivity index (χ0v) is 11.0. The molecule has 3 heterocycles. The van der Waals surface area contributed by atoms with Gasteiger partial charge in [-0.15, -0.1) is 0 Å². The zero-order valence-electron chi connectivity index (χ0n) is 11.0. The summed E-state index contributed by atoms with van der Waals surface area (Å²) in [6, 6.07) is 4.22. The van der Waals surface area contributed by atoms with Crippen LogP contribution in [0.3, 0.4) is 0 Å². The van der Waals surface area contributed by atoms with Gasteiger partial charge in [0.15, 0.2) is 5.65 Å². The lowest BCUT2D eigenvalue weighted by atomic mass is 10.3. The summed E-state index contributed by atoms with van der Waals surface area (Å²) in [7, 11) is 0. The van der Waals surface area contributed by atoms with Gasteiger partial charge in [-0.05, 0) is 13.3 Å². The van der Waals surface area contributed by atoms with Crippen LogP contribution in [0.25, 0.3) is 5.65 Å². The van der Waals surface area contributed by atoms with Gasteiger partial charge in [-0.25, -0.2) is 4.98 Å². The van der Waals surface area contributed by atoms with E-state index in [-0.39, 0.29) is 0 Å². The molecule has 1 N–H and O–H groups in total. The number of hydrogen-bond donors (Lipinski definition) is 1. The molecule has 18 heavy (non-hydrogen) atoms. The fraction of sp³-hybridized carbons (Fsp3) is 0.538. The molecule has 0 unspecified atom stereocenters. The molecule has 0 amide bonds. The molecule has 5 heteroatoms. The van der Waals surface area contributed by atoms with Crippen molar-refractivity contribution in [2.75, 3.05) is 31.1 Å². The summed E-state index contributed by atoms with van der Waals surface area (Å²) in [5, 5.41) is 7.94. The number of nitrogens with one attached hydrogen (secondary N) is 1. The Kier molecular flexibility index (Phi) is 2.91. The van der Waals surface area contributed by atoms with Gasteiger partial charge in [0.25, 0.3) is 0 Å². The minimum absolute atomic E-state index is 0.958. The average Bonchev–Trinajstić information content (AvgIpc) is 2.78. The number of piperazine rings is 1. The summed E-state index contributed by atoms with van der Waals surface area (Å²) in [4.78, 5) is 7.01. The van der Waals surface area contributed by atoms with E-state index in [1.165, 1.54) is 5.82 Å². The van der Waals surface area contributed by atoms with E-state index < -0.39 is 0 Å². The van der Waals surface area contributed by atoms with Crippen LogP contribution in [0.2, 0.25) is 0 Å². The van der Waals surface area contributed by atoms with Crippen LogP contribution in [-0.2, 0) is 6.42 Å². The van der Waals surface area contributed by atoms with Gasteiger partial charge in [0, 0.05) is 44.0 Å². The molecule has 0 atom stereocenters. The lowest BCUT2D eigenvalue weighted by Crippen LogP contribution is -2.44. The van der Waals surface area contributed by atoms with Crippen LogP contribution >= 0.6 is 0 Å². The van der Waals surface area contributed by atoms with Crippen molar-refractivity contribution in [2.45, 2.75) is 20.3 Å². The van der Waals surface area contributed by atoms with E-state index in [1.807, 2.05) is 17.5 Å². The van der Waals surface area contributed by atoms with E-state index in [0.717, 1.165) is 49.6 Å². The summed E-state index contributed by atoms with van der Waals surface area (Å²) < 4.78 is 1.97. The molecule has 0 aromatic carbocycles. The zero-order chi connectivity index (χ0) is 12.5. The first kappa shape index (κ1) is 11.5. The van der Waals surface area contributed by atoms with Crippen molar-refractivity contribution in [2.24, 2.45) is 0 Å². The van der Waals surface area contributed by atoms with Crippen LogP contribution in [0.1, 0.15) is 18.3 Å². The third-order valence-electron chi connectivity index (χ3n) is 3.39. The first-order chi connectivity index (χ1) is 8.78. The topological polar surface area (TPSA) is 45.5 Å². The van der Waals surface area contributed by atoms with Crippen molar-refractivity contribution in [3.8, 4) is 0 Å². The third-order valence-corrected chi connectivity index (χ3v) is 3.39. The van der Waals surface area contributed by atoms with Gasteiger partial charge in [-0.2, -0.15) is 9.61 Å². The van der Waals surface area contributed by atoms with Crippen molar-refractivity contribution < 1.29 is 0 Å². The van der Waals surface area contributed by atoms with Crippen LogP contribution in [0.15, 0.2) is 12.1 Å². The van der Waals surface area contributed by atoms with E-state index in [4.69, 9.17) is 0 Å². The molecule has 2 aromatic rings. The minimum Gasteiger partial charge on any atom is -0.354 e. The Morgan fingerprint density at radius 2 is 2.06 bits per heavy atom. The summed E-state index contributed by atoms with van der Waals surface area (Å²) in [6.45, 7) is 8.28. The fourth-order valence-electron chi connectivity index (χ4n) is 2.42. The van der Waals surface area contributed by atoms with Crippen LogP contribution < -0.4 is 10.2 Å². The SMILES string of the molecule is CCc1cc(N2CCNCC2)n2nc(C)cc2n1. The molecule has 1 aliphatic heterocycles. The molecule has 1 fully saturated rings. The molecule has 1 aliphatic rings. The lowest BCUT2D eigenvalue weighted by Gasteiger charge is -2.29. The summed E-state index contributed by atoms with van der Waals surface area (Å²) in [5.74, 6) is 1.17. The molecule has 0 spiro atoms. The highest BCUT2D eigenvalue weighted by Gasteiger charge is 2.16. The molecule has 96 valence electrons. The molecule has 0 saturated carbocycles. The molecule has 3 rings (SSSR count). The maximum absolute atomic E-state index is 4.63. The number of aromatic nitrogens is 3. The van der Waals surface area contributed by atoms with Gasteiger partial charge in [0.2, 0.25) is 0 Å². The molecule has 2 aromatic heterocycles. The third kappa shape index (κ3) is 1.95. The van der Waals surface area contributed by atoms with Crippen molar-refractivity contribution in [1.29, 1.82) is 0 Å². The van der Waals surface area contributed by atoms with Gasteiger partial charge in [-0.3, -0.25) is 0 Å². The maximum Gasteiger partial charge on any atom is 0.157 e. The Balaban J connectivity index is 2.12. The number of aryl methyl sites for hydroxylation is 2. The van der Waals surface area contributed by atoms with Gasteiger partial charge in [0.05, 0.1) is 5.69 Å². The normalized spacial score (nSPS) is 16.4. The summed E-state index contributed by atoms with van der Waals surface area (Å²) in [5.41, 5.74) is 3.11. The fourth-order valence-corrected chi connectivity index (χ4v) is 2.42. The monoisotopic (exact) mass is 245 g/mol. The second-order valence-electron chi connectivity index (χ2n) is 4.75. The van der Waals surface area contributed by atoms with E-state index >= 15 is 0 Å². The van der Waals surface area contributed by atoms with Crippen molar-refractivity contribution in [3.05, 3.63) is 23.5 Å². The number of rotatable bonds is 2. The van der Waals surface area contributed by atoms with Gasteiger partial charge in [0.1, 0.15) is 5.82 Å². The van der Waals surface area contributed by atoms with E-state index in [9.17, 15) is 0 Å². The van der Waals surface area contributed by atoms with E-state index in [0.29, 0.717) is 0 Å². The number of nitrogens with zero attached hydrogens (tertiary/aromatic N) is 4. The quantitative estimate of drug-likeness (QED) is 0.857. The molecule has 0 aliphatic carbocycles. The van der Waals surface area contributed by atoms with Crippen molar-refractivity contribution in [1.82, 2.24) is 19.9 Å². The number of fused-ring (bicyclic) bond motifs is 1. The Morgan fingerprint density at radius 1 is 1.28 bits per heavy atom. The maximum atomic E-state index is 4.63. The van der Waals surface area contributed by atoms with Crippen LogP contribution in [-0.4, -0.2) is 40.8 Å². The molecule has 0 radical (unpaired) electrons. The van der Waals surface area contributed by atoms with Crippen molar-refractivity contribution >= 4 is 11.5 Å². The smallest absolute Gasteiger partial charge is 0.157 e. The van der Waals surface area contributed by atoms with Gasteiger partial charge >= 0.3 is 0 Å². The highest BCUT2D eigenvalue weighted by atomic mass is 15.4. The predicted molar refractivity (Wildman–Crippen MR) is 72.2 cm³/mol. The molecular weight excluding hydrogens is 226 g/mol. The molecule has 1 saturated heterocycles. The Morgan fingerprint density at radius 3 is 2.78 bits per heavy atom. The Hall–Kier alpha value is -1.62. The highest BCUT2D eigenvalue weighted by molar-refractivity contribution is 5.52. The first-order valence-electron chi connectivity index (χ1n) is 6.60. The van der Waals surface area contributed by atoms with Crippen LogP contribution in [0.4, 0.5) is 5.82 Å². The molecule has 5 nitrogen and oxygen atoms in total. The van der Waals surface area contributed by atoms with Gasteiger partial charge in [-0.1, -0.05) is 6.92 Å². The van der Waals surface area contributed by atoms with Crippen LogP contribution in [0.5, 0.6) is 0 Å². The standard InChI is InChI=1S/C13H19N5/c1-3-11-9-13(17-6-4-14-5-7-17)18-12(15-11)8-10(2)16-18/h8-9,14H,3-7H2,1-2H3. The molecular formula is C13H19N5. The first-order valence-corrected chi connectivity index (χ1v) is 6.60.